The maximum Gasteiger partial charge on any atom is 0.180 e. The molecule has 0 spiro atoms. The molecule has 0 heterocycles. The Morgan fingerprint density at radius 1 is 1.05 bits per heavy atom. The third-order valence-corrected chi connectivity index (χ3v) is 5.07. The van der Waals surface area contributed by atoms with E-state index in [0.29, 0.717) is 10.5 Å². The summed E-state index contributed by atoms with van der Waals surface area (Å²) in [6, 6.07) is 17.9. The van der Waals surface area contributed by atoms with Crippen LogP contribution in [0.1, 0.15) is 17.0 Å². The van der Waals surface area contributed by atoms with E-state index < -0.39 is 15.8 Å². The van der Waals surface area contributed by atoms with Gasteiger partial charge in [-0.2, -0.15) is 5.26 Å². The summed E-state index contributed by atoms with van der Waals surface area (Å²) < 4.78 is 24.9. The number of aryl methyl sites for hydroxylation is 1. The minimum absolute atomic E-state index is 0.196. The number of hydrogen-bond donors (Lipinski definition) is 0. The van der Waals surface area contributed by atoms with E-state index in [1.807, 2.05) is 6.07 Å². The van der Waals surface area contributed by atoms with E-state index in [0.717, 1.165) is 5.56 Å². The Morgan fingerprint density at radius 3 is 2.25 bits per heavy atom. The van der Waals surface area contributed by atoms with Crippen molar-refractivity contribution in [1.29, 1.82) is 5.26 Å². The van der Waals surface area contributed by atoms with Crippen molar-refractivity contribution in [3.8, 4) is 6.07 Å². The SMILES string of the molecule is Cc1ccccc1S(=O)(=O)CC(C#N)c1ccccc1. The van der Waals surface area contributed by atoms with Crippen LogP contribution in [0.5, 0.6) is 0 Å². The van der Waals surface area contributed by atoms with E-state index in [1.165, 1.54) is 0 Å². The molecule has 0 aliphatic heterocycles. The van der Waals surface area contributed by atoms with E-state index in [-0.39, 0.29) is 5.75 Å². The highest BCUT2D eigenvalue weighted by Gasteiger charge is 2.23. The van der Waals surface area contributed by atoms with Crippen molar-refractivity contribution in [1.82, 2.24) is 0 Å². The molecule has 0 amide bonds. The largest absolute Gasteiger partial charge is 0.224 e. The van der Waals surface area contributed by atoms with Crippen LogP contribution in [0.3, 0.4) is 0 Å². The fourth-order valence-corrected chi connectivity index (χ4v) is 3.84. The van der Waals surface area contributed by atoms with E-state index in [4.69, 9.17) is 0 Å². The molecule has 0 fully saturated rings. The van der Waals surface area contributed by atoms with Gasteiger partial charge in [-0.15, -0.1) is 0 Å². The van der Waals surface area contributed by atoms with Gasteiger partial charge in [-0.1, -0.05) is 48.5 Å². The van der Waals surface area contributed by atoms with Gasteiger partial charge in [0.1, 0.15) is 0 Å². The lowest BCUT2D eigenvalue weighted by atomic mass is 10.0. The molecule has 0 N–H and O–H groups in total. The Balaban J connectivity index is 2.33. The van der Waals surface area contributed by atoms with Gasteiger partial charge in [-0.05, 0) is 24.1 Å². The lowest BCUT2D eigenvalue weighted by Crippen LogP contribution is -2.15. The van der Waals surface area contributed by atoms with E-state index in [9.17, 15) is 13.7 Å². The first-order valence-corrected chi connectivity index (χ1v) is 7.93. The van der Waals surface area contributed by atoms with E-state index >= 15 is 0 Å². The molecule has 0 radical (unpaired) electrons. The molecule has 0 bridgehead atoms. The van der Waals surface area contributed by atoms with E-state index in [1.54, 1.807) is 55.5 Å². The fourth-order valence-electron chi connectivity index (χ4n) is 2.11. The molecule has 1 unspecified atom stereocenters. The molecule has 102 valence electrons. The quantitative estimate of drug-likeness (QED) is 0.867. The highest BCUT2D eigenvalue weighted by Crippen LogP contribution is 2.23. The van der Waals surface area contributed by atoms with Crippen LogP contribution in [0.25, 0.3) is 0 Å². The van der Waals surface area contributed by atoms with Gasteiger partial charge in [0, 0.05) is 0 Å². The van der Waals surface area contributed by atoms with Crippen LogP contribution < -0.4 is 0 Å². The summed E-state index contributed by atoms with van der Waals surface area (Å²) in [5.41, 5.74) is 1.43. The second kappa shape index (κ2) is 5.89. The van der Waals surface area contributed by atoms with Crippen LogP contribution in [0.4, 0.5) is 0 Å². The Bertz CT molecular complexity index is 731. The Kier molecular flexibility index (Phi) is 4.21. The number of nitrogens with zero attached hydrogens (tertiary/aromatic N) is 1. The fraction of sp³-hybridized carbons (Fsp3) is 0.188. The molecule has 0 aromatic heterocycles. The molecular formula is C16H15NO2S. The van der Waals surface area contributed by atoms with Gasteiger partial charge >= 0.3 is 0 Å². The van der Waals surface area contributed by atoms with Gasteiger partial charge in [-0.3, -0.25) is 0 Å². The molecule has 1 atom stereocenters. The first-order valence-electron chi connectivity index (χ1n) is 6.27. The summed E-state index contributed by atoms with van der Waals surface area (Å²) in [5.74, 6) is -0.848. The van der Waals surface area contributed by atoms with Crippen LogP contribution in [-0.2, 0) is 9.84 Å². The third kappa shape index (κ3) is 3.06. The smallest absolute Gasteiger partial charge is 0.180 e. The summed E-state index contributed by atoms with van der Waals surface area (Å²) in [4.78, 5) is 0.302. The van der Waals surface area contributed by atoms with Crippen LogP contribution in [0.15, 0.2) is 59.5 Å². The maximum atomic E-state index is 12.4. The summed E-state index contributed by atoms with van der Waals surface area (Å²) >= 11 is 0. The number of hydrogen-bond acceptors (Lipinski definition) is 3. The number of benzene rings is 2. The molecule has 0 saturated carbocycles. The van der Waals surface area contributed by atoms with Gasteiger partial charge in [0.25, 0.3) is 0 Å². The molecule has 2 aromatic carbocycles. The standard InChI is InChI=1S/C16H15NO2S/c1-13-7-5-6-10-16(13)20(18,19)12-15(11-17)14-8-3-2-4-9-14/h2-10,15H,12H2,1H3. The van der Waals surface area contributed by atoms with Gasteiger partial charge in [0.05, 0.1) is 22.6 Å². The highest BCUT2D eigenvalue weighted by molar-refractivity contribution is 7.91. The van der Waals surface area contributed by atoms with Crippen molar-refractivity contribution in [2.45, 2.75) is 17.7 Å². The first kappa shape index (κ1) is 14.3. The zero-order valence-corrected chi connectivity index (χ0v) is 12.0. The molecule has 4 heteroatoms. The molecule has 2 rings (SSSR count). The molecule has 0 aliphatic rings. The van der Waals surface area contributed by atoms with Crippen molar-refractivity contribution < 1.29 is 8.42 Å². The summed E-state index contributed by atoms with van der Waals surface area (Å²) in [6.07, 6.45) is 0. The van der Waals surface area contributed by atoms with Gasteiger partial charge in [0.2, 0.25) is 0 Å². The number of nitriles is 1. The maximum absolute atomic E-state index is 12.4. The predicted octanol–water partition coefficient (Wildman–Crippen LogP) is 3.08. The second-order valence-electron chi connectivity index (χ2n) is 4.64. The third-order valence-electron chi connectivity index (χ3n) is 3.17. The monoisotopic (exact) mass is 285 g/mol. The zero-order chi connectivity index (χ0) is 14.6. The van der Waals surface area contributed by atoms with Crippen molar-refractivity contribution in [3.05, 3.63) is 65.7 Å². The van der Waals surface area contributed by atoms with Crippen LogP contribution in [0, 0.1) is 18.3 Å². The van der Waals surface area contributed by atoms with Crippen molar-refractivity contribution >= 4 is 9.84 Å². The number of sulfone groups is 1. The second-order valence-corrected chi connectivity index (χ2v) is 6.64. The van der Waals surface area contributed by atoms with Crippen LogP contribution in [-0.4, -0.2) is 14.2 Å². The first-order chi connectivity index (χ1) is 9.54. The average molecular weight is 285 g/mol. The van der Waals surface area contributed by atoms with Crippen LogP contribution >= 0.6 is 0 Å². The summed E-state index contributed by atoms with van der Waals surface area (Å²) in [7, 11) is -3.47. The zero-order valence-electron chi connectivity index (χ0n) is 11.2. The van der Waals surface area contributed by atoms with E-state index in [2.05, 4.69) is 6.07 Å². The lowest BCUT2D eigenvalue weighted by Gasteiger charge is -2.12. The average Bonchev–Trinajstić information content (AvgIpc) is 2.46. The summed E-state index contributed by atoms with van der Waals surface area (Å²) in [6.45, 7) is 1.76. The van der Waals surface area contributed by atoms with Crippen molar-refractivity contribution in [3.63, 3.8) is 0 Å². The van der Waals surface area contributed by atoms with Gasteiger partial charge in [-0.25, -0.2) is 8.42 Å². The normalized spacial score (nSPS) is 12.6. The number of rotatable bonds is 4. The van der Waals surface area contributed by atoms with Gasteiger partial charge < -0.3 is 0 Å². The van der Waals surface area contributed by atoms with Gasteiger partial charge in [0.15, 0.2) is 9.84 Å². The molecule has 0 aliphatic carbocycles. The topological polar surface area (TPSA) is 57.9 Å². The Labute approximate surface area is 119 Å². The summed E-state index contributed by atoms with van der Waals surface area (Å²) in [5, 5.41) is 9.24. The van der Waals surface area contributed by atoms with Crippen molar-refractivity contribution in [2.24, 2.45) is 0 Å². The molecule has 2 aromatic rings. The molecule has 3 nitrogen and oxygen atoms in total. The van der Waals surface area contributed by atoms with Crippen molar-refractivity contribution in [2.75, 3.05) is 5.75 Å². The predicted molar refractivity (Wildman–Crippen MR) is 78.0 cm³/mol. The molecular weight excluding hydrogens is 270 g/mol. The Morgan fingerprint density at radius 2 is 1.65 bits per heavy atom. The van der Waals surface area contributed by atoms with Crippen LogP contribution in [0.2, 0.25) is 0 Å². The highest BCUT2D eigenvalue weighted by atomic mass is 32.2. The lowest BCUT2D eigenvalue weighted by molar-refractivity contribution is 0.592. The molecule has 20 heavy (non-hydrogen) atoms. The minimum Gasteiger partial charge on any atom is -0.224 e. The molecule has 0 saturated heterocycles. The minimum atomic E-state index is -3.47. The Hall–Kier alpha value is -2.12.